The van der Waals surface area contributed by atoms with Gasteiger partial charge in [0.1, 0.15) is 0 Å². The summed E-state index contributed by atoms with van der Waals surface area (Å²) in [6, 6.07) is 11.9. The summed E-state index contributed by atoms with van der Waals surface area (Å²) < 4.78 is 5.30. The van der Waals surface area contributed by atoms with Gasteiger partial charge in [0, 0.05) is 18.7 Å². The van der Waals surface area contributed by atoms with Crippen LogP contribution < -0.4 is 0 Å². The van der Waals surface area contributed by atoms with Crippen LogP contribution in [0.25, 0.3) is 11.3 Å². The van der Waals surface area contributed by atoms with Crippen LogP contribution in [0.3, 0.4) is 0 Å². The van der Waals surface area contributed by atoms with E-state index in [2.05, 4.69) is 15.1 Å². The summed E-state index contributed by atoms with van der Waals surface area (Å²) in [6.45, 7) is 5.51. The molecule has 0 unspecified atom stereocenters. The number of carbonyl (C=O) groups is 1. The molecular weight excluding hydrogens is 290 g/mol. The molecule has 0 N–H and O–H groups in total. The van der Waals surface area contributed by atoms with Gasteiger partial charge >= 0.3 is 0 Å². The van der Waals surface area contributed by atoms with Gasteiger partial charge < -0.3 is 4.74 Å². The zero-order valence-electron chi connectivity index (χ0n) is 13.4. The maximum absolute atomic E-state index is 12.2. The molecule has 1 aliphatic rings. The van der Waals surface area contributed by atoms with Crippen LogP contribution in [-0.2, 0) is 16.0 Å². The van der Waals surface area contributed by atoms with Crippen LogP contribution >= 0.6 is 0 Å². The molecular formula is C18H21N3O2. The van der Waals surface area contributed by atoms with Crippen molar-refractivity contribution in [2.24, 2.45) is 0 Å². The molecule has 0 amide bonds. The molecule has 1 saturated heterocycles. The number of aromatic nitrogens is 2. The van der Waals surface area contributed by atoms with Crippen LogP contribution in [0.15, 0.2) is 36.4 Å². The Morgan fingerprint density at radius 3 is 2.61 bits per heavy atom. The Bertz CT molecular complexity index is 667. The quantitative estimate of drug-likeness (QED) is 0.844. The minimum atomic E-state index is 0.178. The Labute approximate surface area is 136 Å². The summed E-state index contributed by atoms with van der Waals surface area (Å²) in [5.74, 6) is 0.178. The van der Waals surface area contributed by atoms with Gasteiger partial charge in [-0.25, -0.2) is 0 Å². The Morgan fingerprint density at radius 2 is 1.91 bits per heavy atom. The number of ketones is 1. The molecule has 0 saturated carbocycles. The van der Waals surface area contributed by atoms with E-state index in [1.165, 1.54) is 0 Å². The fourth-order valence-electron chi connectivity index (χ4n) is 2.69. The lowest BCUT2D eigenvalue weighted by Gasteiger charge is -2.25. The van der Waals surface area contributed by atoms with Gasteiger partial charge in [-0.3, -0.25) is 9.69 Å². The van der Waals surface area contributed by atoms with Crippen LogP contribution in [0.5, 0.6) is 0 Å². The number of aryl methyl sites for hydroxylation is 1. The second-order valence-corrected chi connectivity index (χ2v) is 5.83. The Kier molecular flexibility index (Phi) is 5.10. The minimum absolute atomic E-state index is 0.178. The van der Waals surface area contributed by atoms with Crippen molar-refractivity contribution in [3.05, 3.63) is 47.7 Å². The van der Waals surface area contributed by atoms with Crippen molar-refractivity contribution in [1.82, 2.24) is 15.1 Å². The zero-order valence-corrected chi connectivity index (χ0v) is 13.4. The van der Waals surface area contributed by atoms with Gasteiger partial charge in [0.05, 0.1) is 37.6 Å². The molecule has 5 nitrogen and oxygen atoms in total. The highest BCUT2D eigenvalue weighted by Gasteiger charge is 2.16. The highest BCUT2D eigenvalue weighted by atomic mass is 16.5. The first-order valence-electron chi connectivity index (χ1n) is 7.93. The first-order valence-corrected chi connectivity index (χ1v) is 7.93. The van der Waals surface area contributed by atoms with Gasteiger partial charge in [0.25, 0.3) is 0 Å². The van der Waals surface area contributed by atoms with Crippen LogP contribution in [-0.4, -0.2) is 53.7 Å². The lowest BCUT2D eigenvalue weighted by molar-refractivity contribution is -0.120. The van der Waals surface area contributed by atoms with Crippen LogP contribution in [0.1, 0.15) is 11.3 Å². The van der Waals surface area contributed by atoms with Gasteiger partial charge in [-0.2, -0.15) is 10.2 Å². The van der Waals surface area contributed by atoms with E-state index < -0.39 is 0 Å². The summed E-state index contributed by atoms with van der Waals surface area (Å²) in [4.78, 5) is 14.4. The average molecular weight is 311 g/mol. The molecule has 23 heavy (non-hydrogen) atoms. The van der Waals surface area contributed by atoms with E-state index in [0.29, 0.717) is 26.2 Å². The van der Waals surface area contributed by atoms with E-state index in [4.69, 9.17) is 4.74 Å². The predicted molar refractivity (Wildman–Crippen MR) is 88.2 cm³/mol. The first kappa shape index (κ1) is 15.8. The molecule has 2 aromatic rings. The maximum Gasteiger partial charge on any atom is 0.152 e. The standard InChI is InChI=1S/C18H21N3O2/c1-14-11-18(15-5-3-2-4-6-15)20-19-17(14)12-16(22)13-21-7-9-23-10-8-21/h2-6,11H,7-10,12-13H2,1H3. The highest BCUT2D eigenvalue weighted by molar-refractivity contribution is 5.82. The fraction of sp³-hybridized carbons (Fsp3) is 0.389. The Morgan fingerprint density at radius 1 is 1.17 bits per heavy atom. The molecule has 5 heteroatoms. The van der Waals surface area contributed by atoms with E-state index in [-0.39, 0.29) is 5.78 Å². The van der Waals surface area contributed by atoms with E-state index in [1.807, 2.05) is 43.3 Å². The van der Waals surface area contributed by atoms with E-state index >= 15 is 0 Å². The van der Waals surface area contributed by atoms with Crippen LogP contribution in [0, 0.1) is 6.92 Å². The lowest BCUT2D eigenvalue weighted by atomic mass is 10.1. The number of ether oxygens (including phenoxy) is 1. The molecule has 0 radical (unpaired) electrons. The smallest absolute Gasteiger partial charge is 0.152 e. The fourth-order valence-corrected chi connectivity index (χ4v) is 2.69. The summed E-state index contributed by atoms with van der Waals surface area (Å²) in [6.07, 6.45) is 0.339. The highest BCUT2D eigenvalue weighted by Crippen LogP contribution is 2.18. The molecule has 3 rings (SSSR count). The minimum Gasteiger partial charge on any atom is -0.379 e. The number of nitrogens with zero attached hydrogens (tertiary/aromatic N) is 3. The van der Waals surface area contributed by atoms with E-state index in [0.717, 1.165) is 35.6 Å². The SMILES string of the molecule is Cc1cc(-c2ccccc2)nnc1CC(=O)CN1CCOCC1. The summed E-state index contributed by atoms with van der Waals surface area (Å²) >= 11 is 0. The number of hydrogen-bond acceptors (Lipinski definition) is 5. The topological polar surface area (TPSA) is 55.3 Å². The van der Waals surface area contributed by atoms with Gasteiger partial charge in [-0.15, -0.1) is 0 Å². The normalized spacial score (nSPS) is 15.5. The average Bonchev–Trinajstić information content (AvgIpc) is 2.58. The predicted octanol–water partition coefficient (Wildman–Crippen LogP) is 1.90. The van der Waals surface area contributed by atoms with Crippen molar-refractivity contribution in [2.75, 3.05) is 32.8 Å². The van der Waals surface area contributed by atoms with Crippen molar-refractivity contribution in [3.63, 3.8) is 0 Å². The third kappa shape index (κ3) is 4.21. The summed E-state index contributed by atoms with van der Waals surface area (Å²) in [5.41, 5.74) is 3.65. The van der Waals surface area contributed by atoms with Crippen molar-refractivity contribution in [3.8, 4) is 11.3 Å². The van der Waals surface area contributed by atoms with Crippen molar-refractivity contribution < 1.29 is 9.53 Å². The van der Waals surface area contributed by atoms with Crippen LogP contribution in [0.2, 0.25) is 0 Å². The number of carbonyl (C=O) groups excluding carboxylic acids is 1. The van der Waals surface area contributed by atoms with Gasteiger partial charge in [-0.05, 0) is 18.6 Å². The summed E-state index contributed by atoms with van der Waals surface area (Å²) in [5, 5.41) is 8.55. The zero-order chi connectivity index (χ0) is 16.1. The molecule has 0 spiro atoms. The monoisotopic (exact) mass is 311 g/mol. The second-order valence-electron chi connectivity index (χ2n) is 5.83. The van der Waals surface area contributed by atoms with Gasteiger partial charge in [0.15, 0.2) is 5.78 Å². The van der Waals surface area contributed by atoms with Gasteiger partial charge in [0.2, 0.25) is 0 Å². The number of benzene rings is 1. The maximum atomic E-state index is 12.2. The molecule has 120 valence electrons. The third-order valence-electron chi connectivity index (χ3n) is 4.02. The van der Waals surface area contributed by atoms with Gasteiger partial charge in [-0.1, -0.05) is 30.3 Å². The molecule has 1 aromatic carbocycles. The molecule has 1 aromatic heterocycles. The van der Waals surface area contributed by atoms with Crippen molar-refractivity contribution in [1.29, 1.82) is 0 Å². The molecule has 0 bridgehead atoms. The molecule has 1 fully saturated rings. The molecule has 0 aliphatic carbocycles. The Balaban J connectivity index is 1.65. The largest absolute Gasteiger partial charge is 0.379 e. The first-order chi connectivity index (χ1) is 11.2. The second kappa shape index (κ2) is 7.44. The van der Waals surface area contributed by atoms with Crippen molar-refractivity contribution >= 4 is 5.78 Å². The van der Waals surface area contributed by atoms with Crippen molar-refractivity contribution in [2.45, 2.75) is 13.3 Å². The van der Waals surface area contributed by atoms with E-state index in [1.54, 1.807) is 0 Å². The number of rotatable bonds is 5. The third-order valence-corrected chi connectivity index (χ3v) is 4.02. The molecule has 2 heterocycles. The number of morpholine rings is 1. The number of Topliss-reactive ketones (excluding diaryl/α,β-unsaturated/α-hetero) is 1. The number of hydrogen-bond donors (Lipinski definition) is 0. The van der Waals surface area contributed by atoms with Crippen LogP contribution in [0.4, 0.5) is 0 Å². The lowest BCUT2D eigenvalue weighted by Crippen LogP contribution is -2.40. The molecule has 1 aliphatic heterocycles. The summed E-state index contributed by atoms with van der Waals surface area (Å²) in [7, 11) is 0. The Hall–Kier alpha value is -2.11. The molecule has 0 atom stereocenters. The van der Waals surface area contributed by atoms with E-state index in [9.17, 15) is 4.79 Å².